The summed E-state index contributed by atoms with van der Waals surface area (Å²) in [5, 5.41) is 11.0. The highest BCUT2D eigenvalue weighted by molar-refractivity contribution is 6.10. The molecule has 0 radical (unpaired) electrons. The largest absolute Gasteiger partial charge is 0.443 e. The lowest BCUT2D eigenvalue weighted by molar-refractivity contribution is -0.385. The molecule has 0 bridgehead atoms. The molecule has 0 aromatic carbocycles. The summed E-state index contributed by atoms with van der Waals surface area (Å²) < 4.78 is 10.6. The third-order valence-corrected chi connectivity index (χ3v) is 2.89. The summed E-state index contributed by atoms with van der Waals surface area (Å²) in [6, 6.07) is 1.19. The summed E-state index contributed by atoms with van der Waals surface area (Å²) in [6.07, 6.45) is -1.08. The van der Waals surface area contributed by atoms with E-state index in [0.717, 1.165) is 6.20 Å². The molecule has 27 heavy (non-hydrogen) atoms. The van der Waals surface area contributed by atoms with Crippen molar-refractivity contribution >= 4 is 29.3 Å². The van der Waals surface area contributed by atoms with Crippen LogP contribution < -0.4 is 4.90 Å². The van der Waals surface area contributed by atoms with Gasteiger partial charge in [-0.1, -0.05) is 6.58 Å². The molecule has 0 aliphatic carbocycles. The van der Waals surface area contributed by atoms with Crippen LogP contribution in [0.2, 0.25) is 0 Å². The van der Waals surface area contributed by atoms with Crippen molar-refractivity contribution in [3.05, 3.63) is 34.5 Å². The number of nitro groups is 1. The maximum absolute atomic E-state index is 12.7. The highest BCUT2D eigenvalue weighted by atomic mass is 16.6. The topological polar surface area (TPSA) is 112 Å². The van der Waals surface area contributed by atoms with Crippen molar-refractivity contribution in [1.29, 1.82) is 0 Å². The standard InChI is InChI=1S/C18H25N3O6/c1-11(2)13-9-12(21(24)25)10-19-14(13)20(15(22)26-17(3,4)5)16(23)27-18(6,7)8/h9-10H,1H2,2-8H3. The van der Waals surface area contributed by atoms with Gasteiger partial charge in [-0.25, -0.2) is 14.6 Å². The number of amides is 2. The Labute approximate surface area is 158 Å². The Balaban J connectivity index is 3.54. The molecule has 0 saturated heterocycles. The van der Waals surface area contributed by atoms with Crippen molar-refractivity contribution in [1.82, 2.24) is 4.98 Å². The van der Waals surface area contributed by atoms with Gasteiger partial charge in [0, 0.05) is 11.6 Å². The molecule has 0 fully saturated rings. The van der Waals surface area contributed by atoms with Crippen LogP contribution in [-0.2, 0) is 9.47 Å². The summed E-state index contributed by atoms with van der Waals surface area (Å²) in [6.45, 7) is 15.2. The molecular weight excluding hydrogens is 354 g/mol. The van der Waals surface area contributed by atoms with Crippen LogP contribution in [0.1, 0.15) is 54.0 Å². The van der Waals surface area contributed by atoms with Crippen molar-refractivity contribution in [2.75, 3.05) is 4.90 Å². The quantitative estimate of drug-likeness (QED) is 0.552. The van der Waals surface area contributed by atoms with Crippen LogP contribution in [0.3, 0.4) is 0 Å². The molecule has 2 amide bonds. The average molecular weight is 379 g/mol. The minimum absolute atomic E-state index is 0.154. The fourth-order valence-electron chi connectivity index (χ4n) is 1.90. The van der Waals surface area contributed by atoms with E-state index < -0.39 is 28.3 Å². The van der Waals surface area contributed by atoms with Crippen molar-refractivity contribution in [2.24, 2.45) is 0 Å². The fourth-order valence-corrected chi connectivity index (χ4v) is 1.90. The van der Waals surface area contributed by atoms with E-state index in [9.17, 15) is 19.7 Å². The van der Waals surface area contributed by atoms with Crippen molar-refractivity contribution in [2.45, 2.75) is 59.7 Å². The van der Waals surface area contributed by atoms with Crippen molar-refractivity contribution in [3.8, 4) is 0 Å². The predicted octanol–water partition coefficient (Wildman–Crippen LogP) is 4.70. The molecule has 0 spiro atoms. The summed E-state index contributed by atoms with van der Waals surface area (Å²) in [4.78, 5) is 40.3. The number of imide groups is 1. The minimum Gasteiger partial charge on any atom is -0.443 e. The molecule has 0 aliphatic rings. The van der Waals surface area contributed by atoms with E-state index in [-0.39, 0.29) is 17.1 Å². The molecule has 1 rings (SSSR count). The summed E-state index contributed by atoms with van der Waals surface area (Å²) in [5.41, 5.74) is -1.55. The van der Waals surface area contributed by atoms with E-state index in [4.69, 9.17) is 9.47 Å². The molecule has 0 unspecified atom stereocenters. The number of rotatable bonds is 3. The molecule has 148 valence electrons. The fraction of sp³-hybridized carbons (Fsp3) is 0.500. The van der Waals surface area contributed by atoms with Gasteiger partial charge < -0.3 is 9.47 Å². The van der Waals surface area contributed by atoms with Gasteiger partial charge in [-0.3, -0.25) is 10.1 Å². The van der Waals surface area contributed by atoms with Crippen LogP contribution in [0.5, 0.6) is 0 Å². The number of nitrogens with zero attached hydrogens (tertiary/aromatic N) is 3. The Kier molecular flexibility index (Phi) is 6.32. The van der Waals surface area contributed by atoms with Crippen LogP contribution in [0.15, 0.2) is 18.8 Å². The highest BCUT2D eigenvalue weighted by Crippen LogP contribution is 2.30. The van der Waals surface area contributed by atoms with Crippen LogP contribution in [0.4, 0.5) is 21.1 Å². The SMILES string of the molecule is C=C(C)c1cc([N+](=O)[O-])cnc1N(C(=O)OC(C)(C)C)C(=O)OC(C)(C)C. The van der Waals surface area contributed by atoms with Crippen molar-refractivity contribution < 1.29 is 24.0 Å². The summed E-state index contributed by atoms with van der Waals surface area (Å²) in [7, 11) is 0. The lowest BCUT2D eigenvalue weighted by Crippen LogP contribution is -2.44. The molecule has 1 aromatic heterocycles. The molecule has 1 aromatic rings. The second kappa shape index (κ2) is 7.73. The highest BCUT2D eigenvalue weighted by Gasteiger charge is 2.35. The maximum atomic E-state index is 12.7. The first-order chi connectivity index (χ1) is 12.1. The molecular formula is C18H25N3O6. The lowest BCUT2D eigenvalue weighted by atomic mass is 10.1. The first kappa shape index (κ1) is 22.1. The van der Waals surface area contributed by atoms with Crippen LogP contribution >= 0.6 is 0 Å². The van der Waals surface area contributed by atoms with Crippen molar-refractivity contribution in [3.63, 3.8) is 0 Å². The second-order valence-electron chi connectivity index (χ2n) is 7.90. The summed E-state index contributed by atoms with van der Waals surface area (Å²) in [5.74, 6) is -0.156. The third-order valence-electron chi connectivity index (χ3n) is 2.89. The Morgan fingerprint density at radius 2 is 1.56 bits per heavy atom. The molecule has 0 N–H and O–H groups in total. The number of aromatic nitrogens is 1. The van der Waals surface area contributed by atoms with Crippen LogP contribution in [0, 0.1) is 10.1 Å². The first-order valence-electron chi connectivity index (χ1n) is 8.19. The van der Waals surface area contributed by atoms with Gasteiger partial charge in [0.15, 0.2) is 5.82 Å². The lowest BCUT2D eigenvalue weighted by Gasteiger charge is -2.28. The average Bonchev–Trinajstić information content (AvgIpc) is 2.43. The molecule has 0 saturated carbocycles. The second-order valence-corrected chi connectivity index (χ2v) is 7.90. The van der Waals surface area contributed by atoms with E-state index in [1.54, 1.807) is 48.5 Å². The van der Waals surface area contributed by atoms with E-state index in [1.165, 1.54) is 6.07 Å². The number of hydrogen-bond donors (Lipinski definition) is 0. The number of anilines is 1. The Morgan fingerprint density at radius 1 is 1.11 bits per heavy atom. The first-order valence-corrected chi connectivity index (χ1v) is 8.19. The van der Waals surface area contributed by atoms with Crippen LogP contribution in [-0.4, -0.2) is 33.3 Å². The third kappa shape index (κ3) is 6.36. The summed E-state index contributed by atoms with van der Waals surface area (Å²) >= 11 is 0. The zero-order chi connectivity index (χ0) is 21.2. The number of allylic oxidation sites excluding steroid dienone is 1. The number of ether oxygens (including phenoxy) is 2. The van der Waals surface area contributed by atoms with Crippen LogP contribution in [0.25, 0.3) is 5.57 Å². The maximum Gasteiger partial charge on any atom is 0.425 e. The predicted molar refractivity (Wildman–Crippen MR) is 101 cm³/mol. The van der Waals surface area contributed by atoms with Gasteiger partial charge in [0.2, 0.25) is 0 Å². The molecule has 9 nitrogen and oxygen atoms in total. The molecule has 0 aliphatic heterocycles. The van der Waals surface area contributed by atoms with Gasteiger partial charge in [-0.15, -0.1) is 0 Å². The number of carbonyl (C=O) groups is 2. The van der Waals surface area contributed by atoms with E-state index in [0.29, 0.717) is 10.5 Å². The smallest absolute Gasteiger partial charge is 0.425 e. The monoisotopic (exact) mass is 379 g/mol. The zero-order valence-electron chi connectivity index (χ0n) is 16.7. The molecule has 1 heterocycles. The minimum atomic E-state index is -1.01. The van der Waals surface area contributed by atoms with Gasteiger partial charge in [-0.05, 0) is 54.0 Å². The Morgan fingerprint density at radius 3 is 1.89 bits per heavy atom. The molecule has 9 heteroatoms. The normalized spacial score (nSPS) is 11.5. The van der Waals surface area contributed by atoms with E-state index in [2.05, 4.69) is 11.6 Å². The number of pyridine rings is 1. The van der Waals surface area contributed by atoms with Gasteiger partial charge in [-0.2, -0.15) is 4.90 Å². The van der Waals surface area contributed by atoms with Gasteiger partial charge in [0.1, 0.15) is 17.4 Å². The number of carbonyl (C=O) groups excluding carboxylic acids is 2. The Bertz CT molecular complexity index is 746. The van der Waals surface area contributed by atoms with Gasteiger partial charge in [0.05, 0.1) is 4.92 Å². The number of hydrogen-bond acceptors (Lipinski definition) is 7. The van der Waals surface area contributed by atoms with Gasteiger partial charge >= 0.3 is 12.2 Å². The zero-order valence-corrected chi connectivity index (χ0v) is 16.7. The molecule has 0 atom stereocenters. The Hall–Kier alpha value is -2.97. The van der Waals surface area contributed by atoms with E-state index in [1.807, 2.05) is 0 Å². The van der Waals surface area contributed by atoms with Gasteiger partial charge in [0.25, 0.3) is 5.69 Å². The van der Waals surface area contributed by atoms with E-state index >= 15 is 0 Å².